The van der Waals surface area contributed by atoms with Gasteiger partial charge in [-0.05, 0) is 44.7 Å². The first-order valence-corrected chi connectivity index (χ1v) is 7.59. The van der Waals surface area contributed by atoms with Crippen LogP contribution in [-0.2, 0) is 11.4 Å². The summed E-state index contributed by atoms with van der Waals surface area (Å²) in [6.07, 6.45) is 4.66. The Kier molecular flexibility index (Phi) is 6.97. The van der Waals surface area contributed by atoms with Crippen LogP contribution < -0.4 is 0 Å². The predicted octanol–water partition coefficient (Wildman–Crippen LogP) is 4.91. The molecule has 0 aliphatic carbocycles. The zero-order valence-corrected chi connectivity index (χ0v) is 13.8. The molecule has 20 heavy (non-hydrogen) atoms. The predicted molar refractivity (Wildman–Crippen MR) is 87.2 cm³/mol. The van der Waals surface area contributed by atoms with Crippen molar-refractivity contribution in [2.45, 2.75) is 60.2 Å². The molecule has 0 N–H and O–H groups in total. The fraction of sp³-hybridized carbons (Fsp3) is 0.556. The molecule has 2 nitrogen and oxygen atoms in total. The first kappa shape index (κ1) is 16.9. The van der Waals surface area contributed by atoms with Gasteiger partial charge in [-0.15, -0.1) is 0 Å². The van der Waals surface area contributed by atoms with Crippen molar-refractivity contribution < 1.29 is 4.84 Å². The molecule has 1 rings (SSSR count). The first-order valence-electron chi connectivity index (χ1n) is 7.59. The maximum atomic E-state index is 5.91. The van der Waals surface area contributed by atoms with Crippen LogP contribution in [0.15, 0.2) is 30.3 Å². The largest absolute Gasteiger partial charge is 0.296 e. The average Bonchev–Trinajstić information content (AvgIpc) is 2.36. The molecule has 0 aliphatic heterocycles. The number of nitrogens with zero attached hydrogens (tertiary/aromatic N) is 1. The molecule has 0 aromatic heterocycles. The van der Waals surface area contributed by atoms with E-state index in [9.17, 15) is 0 Å². The minimum atomic E-state index is 0.204. The highest BCUT2D eigenvalue weighted by Crippen LogP contribution is 2.17. The molecule has 0 aliphatic rings. The molecule has 0 saturated carbocycles. The minimum absolute atomic E-state index is 0.204. The molecular formula is C18H29NO. The number of hydroxylamine groups is 2. The maximum Gasteiger partial charge on any atom is 0.0737 e. The van der Waals surface area contributed by atoms with Crippen molar-refractivity contribution in [1.82, 2.24) is 5.06 Å². The Morgan fingerprint density at radius 1 is 1.05 bits per heavy atom. The van der Waals surface area contributed by atoms with Crippen molar-refractivity contribution in [3.05, 3.63) is 41.5 Å². The van der Waals surface area contributed by atoms with Gasteiger partial charge in [-0.3, -0.25) is 4.84 Å². The van der Waals surface area contributed by atoms with Crippen LogP contribution in [0.5, 0.6) is 0 Å². The average molecular weight is 275 g/mol. The molecule has 0 spiro atoms. The van der Waals surface area contributed by atoms with Crippen LogP contribution in [0.3, 0.4) is 0 Å². The van der Waals surface area contributed by atoms with Crippen molar-refractivity contribution in [1.29, 1.82) is 0 Å². The molecule has 1 aromatic rings. The van der Waals surface area contributed by atoms with Crippen molar-refractivity contribution in [3.63, 3.8) is 0 Å². The van der Waals surface area contributed by atoms with E-state index in [4.69, 9.17) is 4.84 Å². The summed E-state index contributed by atoms with van der Waals surface area (Å²) in [4.78, 5) is 5.91. The standard InChI is InChI=1S/C18H29NO/c1-14(2)11-12-17-9-7-8-10-18(17)13-19(15(3)4)20-16(5)6/h7-12,14-16H,13H2,1-6H3/b12-11-. The van der Waals surface area contributed by atoms with Gasteiger partial charge in [-0.2, -0.15) is 5.06 Å². The van der Waals surface area contributed by atoms with E-state index in [0.29, 0.717) is 12.0 Å². The normalized spacial score (nSPS) is 12.5. The van der Waals surface area contributed by atoms with Crippen LogP contribution >= 0.6 is 0 Å². The van der Waals surface area contributed by atoms with Gasteiger partial charge >= 0.3 is 0 Å². The van der Waals surface area contributed by atoms with E-state index in [1.54, 1.807) is 0 Å². The summed E-state index contributed by atoms with van der Waals surface area (Å²) in [7, 11) is 0. The summed E-state index contributed by atoms with van der Waals surface area (Å²) in [5.74, 6) is 0.566. The Morgan fingerprint density at radius 2 is 1.70 bits per heavy atom. The second-order valence-corrected chi connectivity index (χ2v) is 6.13. The molecule has 0 heterocycles. The third-order valence-corrected chi connectivity index (χ3v) is 2.96. The van der Waals surface area contributed by atoms with E-state index < -0.39 is 0 Å². The van der Waals surface area contributed by atoms with Crippen LogP contribution in [0.1, 0.15) is 52.7 Å². The van der Waals surface area contributed by atoms with Crippen LogP contribution in [0.25, 0.3) is 6.08 Å². The van der Waals surface area contributed by atoms with Crippen molar-refractivity contribution in [2.75, 3.05) is 0 Å². The Bertz CT molecular complexity index is 421. The second kappa shape index (κ2) is 8.23. The topological polar surface area (TPSA) is 12.5 Å². The van der Waals surface area contributed by atoms with E-state index >= 15 is 0 Å². The fourth-order valence-corrected chi connectivity index (χ4v) is 1.92. The van der Waals surface area contributed by atoms with Gasteiger partial charge in [0.25, 0.3) is 0 Å². The lowest BCUT2D eigenvalue weighted by Gasteiger charge is -2.28. The summed E-state index contributed by atoms with van der Waals surface area (Å²) < 4.78 is 0. The van der Waals surface area contributed by atoms with Gasteiger partial charge < -0.3 is 0 Å². The molecule has 112 valence electrons. The number of rotatable bonds is 7. The molecule has 0 bridgehead atoms. The number of hydrogen-bond acceptors (Lipinski definition) is 2. The molecule has 0 atom stereocenters. The summed E-state index contributed by atoms with van der Waals surface area (Å²) in [5, 5.41) is 2.06. The van der Waals surface area contributed by atoms with E-state index in [1.165, 1.54) is 11.1 Å². The molecular weight excluding hydrogens is 246 g/mol. The fourth-order valence-electron chi connectivity index (χ4n) is 1.92. The van der Waals surface area contributed by atoms with Crippen LogP contribution in [0.4, 0.5) is 0 Å². The SMILES string of the molecule is CC(C)/C=C\c1ccccc1CN(OC(C)C)C(C)C. The zero-order chi connectivity index (χ0) is 15.1. The lowest BCUT2D eigenvalue weighted by atomic mass is 10.0. The minimum Gasteiger partial charge on any atom is -0.296 e. The van der Waals surface area contributed by atoms with E-state index in [2.05, 4.69) is 83.0 Å². The summed E-state index contributed by atoms with van der Waals surface area (Å²) in [5.41, 5.74) is 2.58. The third kappa shape index (κ3) is 5.89. The maximum absolute atomic E-state index is 5.91. The molecule has 0 radical (unpaired) electrons. The van der Waals surface area contributed by atoms with E-state index in [1.807, 2.05) is 0 Å². The van der Waals surface area contributed by atoms with Gasteiger partial charge in [-0.1, -0.05) is 50.3 Å². The molecule has 0 saturated heterocycles. The monoisotopic (exact) mass is 275 g/mol. The van der Waals surface area contributed by atoms with Crippen LogP contribution in [0.2, 0.25) is 0 Å². The van der Waals surface area contributed by atoms with E-state index in [0.717, 1.165) is 6.54 Å². The zero-order valence-electron chi connectivity index (χ0n) is 13.8. The summed E-state index contributed by atoms with van der Waals surface area (Å²) in [6, 6.07) is 8.89. The Balaban J connectivity index is 2.89. The highest BCUT2D eigenvalue weighted by Gasteiger charge is 2.14. The lowest BCUT2D eigenvalue weighted by molar-refractivity contribution is -0.212. The van der Waals surface area contributed by atoms with Gasteiger partial charge in [0.05, 0.1) is 6.10 Å². The molecule has 0 amide bonds. The second-order valence-electron chi connectivity index (χ2n) is 6.13. The van der Waals surface area contributed by atoms with Gasteiger partial charge in [0, 0.05) is 12.6 Å². The Labute approximate surface area is 124 Å². The molecule has 1 aromatic carbocycles. The molecule has 0 unspecified atom stereocenters. The lowest BCUT2D eigenvalue weighted by Crippen LogP contribution is -2.33. The van der Waals surface area contributed by atoms with Crippen molar-refractivity contribution in [2.24, 2.45) is 5.92 Å². The smallest absolute Gasteiger partial charge is 0.0737 e. The van der Waals surface area contributed by atoms with Gasteiger partial charge in [0.2, 0.25) is 0 Å². The van der Waals surface area contributed by atoms with Gasteiger partial charge in [0.15, 0.2) is 0 Å². The van der Waals surface area contributed by atoms with E-state index in [-0.39, 0.29) is 6.10 Å². The number of benzene rings is 1. The highest BCUT2D eigenvalue weighted by molar-refractivity contribution is 5.53. The molecule has 0 fully saturated rings. The quantitative estimate of drug-likeness (QED) is 0.656. The Hall–Kier alpha value is -1.12. The van der Waals surface area contributed by atoms with Gasteiger partial charge in [0.1, 0.15) is 0 Å². The van der Waals surface area contributed by atoms with Gasteiger partial charge in [-0.25, -0.2) is 0 Å². The van der Waals surface area contributed by atoms with Crippen molar-refractivity contribution >= 4 is 6.08 Å². The third-order valence-electron chi connectivity index (χ3n) is 2.96. The first-order chi connectivity index (χ1) is 9.40. The molecule has 2 heteroatoms. The summed E-state index contributed by atoms with van der Waals surface area (Å²) in [6.45, 7) is 13.7. The van der Waals surface area contributed by atoms with Crippen molar-refractivity contribution in [3.8, 4) is 0 Å². The summed E-state index contributed by atoms with van der Waals surface area (Å²) >= 11 is 0. The number of hydrogen-bond donors (Lipinski definition) is 0. The van der Waals surface area contributed by atoms with Crippen LogP contribution in [0, 0.1) is 5.92 Å². The van der Waals surface area contributed by atoms with Crippen LogP contribution in [-0.4, -0.2) is 17.2 Å². The Morgan fingerprint density at radius 3 is 2.25 bits per heavy atom. The number of allylic oxidation sites excluding steroid dienone is 1. The highest BCUT2D eigenvalue weighted by atomic mass is 16.7.